The SMILES string of the molecule is CCOC(=O)N[C@H](CC(=O)N/N=C\c1cc(Br)c(OCc2ccccc2)c(OC)c1)c1ccccc1. The first-order chi connectivity index (χ1) is 17.5. The number of hydrogen-bond acceptors (Lipinski definition) is 6. The summed E-state index contributed by atoms with van der Waals surface area (Å²) in [6.45, 7) is 2.34. The van der Waals surface area contributed by atoms with Gasteiger partial charge in [-0.3, -0.25) is 4.79 Å². The highest BCUT2D eigenvalue weighted by molar-refractivity contribution is 9.10. The molecule has 36 heavy (non-hydrogen) atoms. The van der Waals surface area contributed by atoms with Gasteiger partial charge < -0.3 is 19.5 Å². The molecule has 0 aliphatic rings. The number of nitrogens with zero attached hydrogens (tertiary/aromatic N) is 1. The monoisotopic (exact) mass is 553 g/mol. The van der Waals surface area contributed by atoms with Crippen molar-refractivity contribution in [2.45, 2.75) is 26.0 Å². The zero-order chi connectivity index (χ0) is 25.8. The van der Waals surface area contributed by atoms with Gasteiger partial charge in [0.2, 0.25) is 5.91 Å². The van der Waals surface area contributed by atoms with Crippen LogP contribution in [-0.4, -0.2) is 31.9 Å². The zero-order valence-electron chi connectivity index (χ0n) is 20.1. The maximum absolute atomic E-state index is 12.5. The number of halogens is 1. The molecule has 0 aliphatic carbocycles. The first-order valence-electron chi connectivity index (χ1n) is 11.3. The summed E-state index contributed by atoms with van der Waals surface area (Å²) in [6, 6.07) is 22.0. The van der Waals surface area contributed by atoms with Crippen LogP contribution < -0.4 is 20.2 Å². The van der Waals surface area contributed by atoms with Crippen molar-refractivity contribution in [3.63, 3.8) is 0 Å². The van der Waals surface area contributed by atoms with E-state index in [0.29, 0.717) is 28.1 Å². The quantitative estimate of drug-likeness (QED) is 0.246. The molecule has 2 amide bonds. The van der Waals surface area contributed by atoms with E-state index in [1.165, 1.54) is 6.21 Å². The number of rotatable bonds is 11. The molecule has 2 N–H and O–H groups in total. The molecule has 1 atom stereocenters. The second-order valence-corrected chi connectivity index (χ2v) is 8.49. The highest BCUT2D eigenvalue weighted by Gasteiger charge is 2.19. The molecule has 0 fully saturated rings. The lowest BCUT2D eigenvalue weighted by Crippen LogP contribution is -2.33. The molecule has 3 aromatic rings. The number of hydrazone groups is 1. The summed E-state index contributed by atoms with van der Waals surface area (Å²) in [5.74, 6) is 0.722. The van der Waals surface area contributed by atoms with Crippen LogP contribution in [0.4, 0.5) is 4.79 Å². The van der Waals surface area contributed by atoms with Crippen molar-refractivity contribution in [2.75, 3.05) is 13.7 Å². The first kappa shape index (κ1) is 26.7. The van der Waals surface area contributed by atoms with Crippen LogP contribution in [0.5, 0.6) is 11.5 Å². The fraction of sp³-hybridized carbons (Fsp3) is 0.222. The van der Waals surface area contributed by atoms with Gasteiger partial charge in [-0.05, 0) is 51.7 Å². The Morgan fingerprint density at radius 2 is 1.75 bits per heavy atom. The van der Waals surface area contributed by atoms with Gasteiger partial charge >= 0.3 is 6.09 Å². The van der Waals surface area contributed by atoms with Gasteiger partial charge in [0.05, 0.1) is 36.9 Å². The molecule has 9 heteroatoms. The second kappa shape index (κ2) is 13.9. The first-order valence-corrected chi connectivity index (χ1v) is 12.1. The van der Waals surface area contributed by atoms with Crippen LogP contribution in [0, 0.1) is 0 Å². The number of benzene rings is 3. The lowest BCUT2D eigenvalue weighted by molar-refractivity contribution is -0.121. The lowest BCUT2D eigenvalue weighted by atomic mass is 10.0. The minimum atomic E-state index is -0.589. The zero-order valence-corrected chi connectivity index (χ0v) is 21.7. The number of carbonyl (C=O) groups is 2. The van der Waals surface area contributed by atoms with E-state index >= 15 is 0 Å². The fourth-order valence-corrected chi connectivity index (χ4v) is 3.92. The Morgan fingerprint density at radius 1 is 1.06 bits per heavy atom. The van der Waals surface area contributed by atoms with Gasteiger partial charge in [0.1, 0.15) is 6.61 Å². The molecular weight excluding hydrogens is 526 g/mol. The van der Waals surface area contributed by atoms with Crippen LogP contribution >= 0.6 is 15.9 Å². The van der Waals surface area contributed by atoms with Crippen LogP contribution in [0.2, 0.25) is 0 Å². The number of hydrogen-bond donors (Lipinski definition) is 2. The minimum Gasteiger partial charge on any atom is -0.493 e. The molecule has 0 heterocycles. The lowest BCUT2D eigenvalue weighted by Gasteiger charge is -2.18. The predicted octanol–water partition coefficient (Wildman–Crippen LogP) is 5.36. The van der Waals surface area contributed by atoms with Crippen molar-refractivity contribution in [3.8, 4) is 11.5 Å². The summed E-state index contributed by atoms with van der Waals surface area (Å²) < 4.78 is 17.1. The Bertz CT molecular complexity index is 1170. The van der Waals surface area contributed by atoms with Gasteiger partial charge in [0, 0.05) is 0 Å². The Labute approximate surface area is 218 Å². The normalized spacial score (nSPS) is 11.5. The number of amides is 2. The number of carbonyl (C=O) groups excluding carboxylic acids is 2. The van der Waals surface area contributed by atoms with Crippen molar-refractivity contribution >= 4 is 34.1 Å². The summed E-state index contributed by atoms with van der Waals surface area (Å²) in [5.41, 5.74) is 5.01. The van der Waals surface area contributed by atoms with E-state index in [1.807, 2.05) is 66.7 Å². The highest BCUT2D eigenvalue weighted by atomic mass is 79.9. The number of alkyl carbamates (subject to hydrolysis) is 1. The Morgan fingerprint density at radius 3 is 2.42 bits per heavy atom. The van der Waals surface area contributed by atoms with E-state index in [-0.39, 0.29) is 18.9 Å². The Hall–Kier alpha value is -3.85. The fourth-order valence-electron chi connectivity index (χ4n) is 3.35. The topological polar surface area (TPSA) is 98.2 Å². The molecule has 0 bridgehead atoms. The van der Waals surface area contributed by atoms with Crippen molar-refractivity contribution in [1.29, 1.82) is 0 Å². The van der Waals surface area contributed by atoms with Crippen LogP contribution in [0.25, 0.3) is 0 Å². The van der Waals surface area contributed by atoms with Crippen molar-refractivity contribution in [1.82, 2.24) is 10.7 Å². The van der Waals surface area contributed by atoms with E-state index < -0.39 is 12.1 Å². The number of nitrogens with one attached hydrogen (secondary N) is 2. The smallest absolute Gasteiger partial charge is 0.407 e. The molecule has 0 aliphatic heterocycles. The largest absolute Gasteiger partial charge is 0.493 e. The maximum Gasteiger partial charge on any atom is 0.407 e. The molecule has 0 saturated carbocycles. The average molecular weight is 554 g/mol. The molecule has 0 aromatic heterocycles. The maximum atomic E-state index is 12.5. The van der Waals surface area contributed by atoms with Crippen molar-refractivity contribution < 1.29 is 23.8 Å². The van der Waals surface area contributed by atoms with Gasteiger partial charge in [-0.15, -0.1) is 0 Å². The van der Waals surface area contributed by atoms with E-state index in [0.717, 1.165) is 11.1 Å². The van der Waals surface area contributed by atoms with Crippen molar-refractivity contribution in [2.24, 2.45) is 5.10 Å². The summed E-state index contributed by atoms with van der Waals surface area (Å²) in [5, 5.41) is 6.77. The van der Waals surface area contributed by atoms with Gasteiger partial charge in [-0.2, -0.15) is 5.10 Å². The van der Waals surface area contributed by atoms with E-state index in [2.05, 4.69) is 31.8 Å². The Balaban J connectivity index is 1.63. The number of methoxy groups -OCH3 is 1. The van der Waals surface area contributed by atoms with E-state index in [4.69, 9.17) is 14.2 Å². The third-order valence-corrected chi connectivity index (χ3v) is 5.63. The van der Waals surface area contributed by atoms with Crippen LogP contribution in [-0.2, 0) is 16.1 Å². The molecule has 0 spiro atoms. The molecule has 3 aromatic carbocycles. The summed E-state index contributed by atoms with van der Waals surface area (Å²) in [7, 11) is 1.56. The second-order valence-electron chi connectivity index (χ2n) is 7.63. The van der Waals surface area contributed by atoms with E-state index in [1.54, 1.807) is 20.1 Å². The summed E-state index contributed by atoms with van der Waals surface area (Å²) in [6.07, 6.45) is 0.899. The minimum absolute atomic E-state index is 0.0144. The van der Waals surface area contributed by atoms with Gasteiger partial charge in [-0.1, -0.05) is 60.7 Å². The molecule has 0 saturated heterocycles. The molecular formula is C27H28BrN3O5. The summed E-state index contributed by atoms with van der Waals surface area (Å²) in [4.78, 5) is 24.5. The third-order valence-electron chi connectivity index (χ3n) is 5.04. The van der Waals surface area contributed by atoms with E-state index in [9.17, 15) is 9.59 Å². The number of ether oxygens (including phenoxy) is 3. The molecule has 0 radical (unpaired) electrons. The van der Waals surface area contributed by atoms with Crippen molar-refractivity contribution in [3.05, 3.63) is 94.0 Å². The molecule has 3 rings (SSSR count). The Kier molecular flexibility index (Phi) is 10.3. The summed E-state index contributed by atoms with van der Waals surface area (Å²) >= 11 is 3.52. The van der Waals surface area contributed by atoms with Crippen LogP contribution in [0.3, 0.4) is 0 Å². The highest BCUT2D eigenvalue weighted by Crippen LogP contribution is 2.36. The van der Waals surface area contributed by atoms with Crippen LogP contribution in [0.1, 0.15) is 36.1 Å². The molecule has 188 valence electrons. The average Bonchev–Trinajstić information content (AvgIpc) is 2.88. The van der Waals surface area contributed by atoms with Gasteiger partial charge in [0.15, 0.2) is 11.5 Å². The standard InChI is InChI=1S/C27H28BrN3O5/c1-3-35-27(33)30-23(21-12-8-5-9-13-21)16-25(32)31-29-17-20-14-22(28)26(24(15-20)34-2)36-18-19-10-6-4-7-11-19/h4-15,17,23H,3,16,18H2,1-2H3,(H,30,33)(H,31,32)/b29-17-/t23-/m1/s1. The van der Waals surface area contributed by atoms with Gasteiger partial charge in [0.25, 0.3) is 0 Å². The van der Waals surface area contributed by atoms with Crippen LogP contribution in [0.15, 0.2) is 82.4 Å². The molecule has 0 unspecified atom stereocenters. The van der Waals surface area contributed by atoms with Gasteiger partial charge in [-0.25, -0.2) is 10.2 Å². The predicted molar refractivity (Wildman–Crippen MR) is 141 cm³/mol. The molecule has 8 nitrogen and oxygen atoms in total. The third kappa shape index (κ3) is 8.13.